The van der Waals surface area contributed by atoms with Gasteiger partial charge >= 0.3 is 12.3 Å². The fraction of sp³-hybridized carbons (Fsp3) is 0.391. The number of pyridine rings is 1. The normalized spacial score (nSPS) is 19.5. The fourth-order valence-corrected chi connectivity index (χ4v) is 3.96. The van der Waals surface area contributed by atoms with E-state index in [0.717, 1.165) is 4.90 Å². The van der Waals surface area contributed by atoms with Crippen molar-refractivity contribution in [3.8, 4) is 11.4 Å². The Hall–Kier alpha value is -3.81. The van der Waals surface area contributed by atoms with Crippen LogP contribution in [0.15, 0.2) is 36.8 Å². The predicted octanol–water partition coefficient (Wildman–Crippen LogP) is 3.90. The van der Waals surface area contributed by atoms with Crippen LogP contribution in [0.2, 0.25) is 0 Å². The third kappa shape index (κ3) is 5.79. The molecule has 1 amide bonds. The van der Waals surface area contributed by atoms with E-state index < -0.39 is 42.4 Å². The molecular formula is C23H22F5N7O2. The summed E-state index contributed by atoms with van der Waals surface area (Å²) in [6.45, 7) is 2.93. The Labute approximate surface area is 208 Å². The standard InChI is InChI=1S/C23H22F5N7O2/c1-12-5-6-15(19-29-7-4-8-30-19)18(33-12)20(36)35-11-22(24,25)37-14(3)17(35)10-32-21-31-9-16(13(2)34-21)23(26,27)28/h4-9,14,17H,10-11H2,1-3H3,(H,31,32,34)/t14-,17+/m0/s1. The molecule has 196 valence electrons. The number of aryl methyl sites for hydroxylation is 2. The summed E-state index contributed by atoms with van der Waals surface area (Å²) >= 11 is 0. The first-order chi connectivity index (χ1) is 17.4. The van der Waals surface area contributed by atoms with Crippen molar-refractivity contribution >= 4 is 11.9 Å². The van der Waals surface area contributed by atoms with Crippen molar-refractivity contribution in [1.82, 2.24) is 29.8 Å². The number of rotatable bonds is 5. The summed E-state index contributed by atoms with van der Waals surface area (Å²) in [5, 5.41) is 2.73. The Morgan fingerprint density at radius 3 is 2.51 bits per heavy atom. The van der Waals surface area contributed by atoms with Crippen molar-refractivity contribution in [1.29, 1.82) is 0 Å². The number of nitrogens with zero attached hydrogens (tertiary/aromatic N) is 6. The topological polar surface area (TPSA) is 106 Å². The summed E-state index contributed by atoms with van der Waals surface area (Å²) in [5.41, 5.74) is -0.701. The Morgan fingerprint density at radius 2 is 1.86 bits per heavy atom. The van der Waals surface area contributed by atoms with Crippen LogP contribution in [0.3, 0.4) is 0 Å². The molecule has 0 bridgehead atoms. The van der Waals surface area contributed by atoms with Gasteiger partial charge in [-0.15, -0.1) is 0 Å². The van der Waals surface area contributed by atoms with Crippen LogP contribution in [0.1, 0.15) is 34.4 Å². The maximum atomic E-state index is 14.4. The molecule has 1 fully saturated rings. The van der Waals surface area contributed by atoms with Gasteiger partial charge in [0.05, 0.1) is 29.0 Å². The van der Waals surface area contributed by atoms with Gasteiger partial charge in [0.1, 0.15) is 12.2 Å². The molecule has 0 spiro atoms. The highest BCUT2D eigenvalue weighted by molar-refractivity contribution is 5.98. The number of morpholine rings is 1. The smallest absolute Gasteiger partial charge is 0.352 e. The lowest BCUT2D eigenvalue weighted by atomic mass is 10.0. The van der Waals surface area contributed by atoms with Gasteiger partial charge in [-0.05, 0) is 39.0 Å². The second kappa shape index (κ2) is 9.92. The summed E-state index contributed by atoms with van der Waals surface area (Å²) in [5.74, 6) is -0.776. The quantitative estimate of drug-likeness (QED) is 0.502. The molecular weight excluding hydrogens is 501 g/mol. The summed E-state index contributed by atoms with van der Waals surface area (Å²) in [6.07, 6.45) is -5.84. The van der Waals surface area contributed by atoms with E-state index in [1.165, 1.54) is 26.2 Å². The SMILES string of the molecule is Cc1ccc(-c2ncccn2)c(C(=O)N2CC(F)(F)O[C@@H](C)[C@H]2CNc2ncc(C(F)(F)F)c(C)n2)n1. The number of carbonyl (C=O) groups is 1. The zero-order valence-electron chi connectivity index (χ0n) is 19.9. The third-order valence-corrected chi connectivity index (χ3v) is 5.71. The molecule has 14 heteroatoms. The van der Waals surface area contributed by atoms with Crippen LogP contribution < -0.4 is 5.32 Å². The number of nitrogens with one attached hydrogen (secondary N) is 1. The second-order valence-corrected chi connectivity index (χ2v) is 8.45. The zero-order chi connectivity index (χ0) is 27.0. The molecule has 0 unspecified atom stereocenters. The Kier molecular flexibility index (Phi) is 7.04. The summed E-state index contributed by atoms with van der Waals surface area (Å²) in [6, 6.07) is 3.84. The molecule has 1 saturated heterocycles. The van der Waals surface area contributed by atoms with Crippen molar-refractivity contribution in [2.24, 2.45) is 0 Å². The van der Waals surface area contributed by atoms with Gasteiger partial charge < -0.3 is 15.0 Å². The van der Waals surface area contributed by atoms with Crippen LogP contribution in [-0.4, -0.2) is 67.1 Å². The van der Waals surface area contributed by atoms with E-state index in [-0.39, 0.29) is 35.3 Å². The van der Waals surface area contributed by atoms with Gasteiger partial charge in [-0.1, -0.05) is 0 Å². The van der Waals surface area contributed by atoms with E-state index >= 15 is 0 Å². The highest BCUT2D eigenvalue weighted by atomic mass is 19.4. The van der Waals surface area contributed by atoms with Gasteiger partial charge in [-0.3, -0.25) is 4.79 Å². The molecule has 1 N–H and O–H groups in total. The molecule has 0 aromatic carbocycles. The largest absolute Gasteiger partial charge is 0.419 e. The van der Waals surface area contributed by atoms with E-state index in [1.807, 2.05) is 0 Å². The molecule has 3 aromatic rings. The van der Waals surface area contributed by atoms with Crippen LogP contribution in [0, 0.1) is 13.8 Å². The summed E-state index contributed by atoms with van der Waals surface area (Å²) in [7, 11) is 0. The number of aromatic nitrogens is 5. The lowest BCUT2D eigenvalue weighted by Crippen LogP contribution is -2.61. The van der Waals surface area contributed by atoms with E-state index in [0.29, 0.717) is 11.9 Å². The summed E-state index contributed by atoms with van der Waals surface area (Å²) < 4.78 is 72.7. The number of amides is 1. The molecule has 4 rings (SSSR count). The van der Waals surface area contributed by atoms with Crippen molar-refractivity contribution in [3.63, 3.8) is 0 Å². The monoisotopic (exact) mass is 523 g/mol. The first-order valence-corrected chi connectivity index (χ1v) is 11.1. The minimum atomic E-state index is -4.62. The molecule has 0 saturated carbocycles. The highest BCUT2D eigenvalue weighted by Crippen LogP contribution is 2.33. The Morgan fingerprint density at radius 1 is 1.16 bits per heavy atom. The van der Waals surface area contributed by atoms with Crippen molar-refractivity contribution < 1.29 is 31.5 Å². The molecule has 1 aliphatic heterocycles. The van der Waals surface area contributed by atoms with E-state index in [2.05, 4.69) is 30.2 Å². The van der Waals surface area contributed by atoms with Crippen molar-refractivity contribution in [2.75, 3.05) is 18.4 Å². The van der Waals surface area contributed by atoms with Crippen LogP contribution in [0.25, 0.3) is 11.4 Å². The van der Waals surface area contributed by atoms with E-state index in [4.69, 9.17) is 4.74 Å². The van der Waals surface area contributed by atoms with Crippen LogP contribution in [0.4, 0.5) is 27.9 Å². The van der Waals surface area contributed by atoms with E-state index in [9.17, 15) is 26.7 Å². The Bertz CT molecular complexity index is 1290. The maximum Gasteiger partial charge on any atom is 0.419 e. The average Bonchev–Trinajstić information content (AvgIpc) is 2.82. The van der Waals surface area contributed by atoms with Crippen LogP contribution in [0.5, 0.6) is 0 Å². The molecule has 37 heavy (non-hydrogen) atoms. The number of hydrogen-bond acceptors (Lipinski definition) is 8. The molecule has 9 nitrogen and oxygen atoms in total. The first kappa shape index (κ1) is 26.3. The number of alkyl halides is 5. The number of hydrogen-bond donors (Lipinski definition) is 1. The van der Waals surface area contributed by atoms with Gasteiger partial charge in [-0.2, -0.15) is 22.0 Å². The zero-order valence-corrected chi connectivity index (χ0v) is 19.9. The Balaban J connectivity index is 1.64. The predicted molar refractivity (Wildman–Crippen MR) is 121 cm³/mol. The van der Waals surface area contributed by atoms with E-state index in [1.54, 1.807) is 25.1 Å². The molecule has 0 radical (unpaired) electrons. The molecule has 2 atom stereocenters. The van der Waals surface area contributed by atoms with Crippen LogP contribution in [-0.2, 0) is 10.9 Å². The fourth-order valence-electron chi connectivity index (χ4n) is 3.96. The van der Waals surface area contributed by atoms with Gasteiger partial charge in [0.15, 0.2) is 5.82 Å². The van der Waals surface area contributed by atoms with Gasteiger partial charge in [0.25, 0.3) is 5.91 Å². The number of ether oxygens (including phenoxy) is 1. The minimum Gasteiger partial charge on any atom is -0.352 e. The molecule has 1 aliphatic rings. The molecule has 3 aromatic heterocycles. The van der Waals surface area contributed by atoms with Crippen molar-refractivity contribution in [2.45, 2.75) is 45.2 Å². The molecule has 4 heterocycles. The summed E-state index contributed by atoms with van der Waals surface area (Å²) in [4.78, 5) is 34.6. The number of halogens is 5. The van der Waals surface area contributed by atoms with Crippen LogP contribution >= 0.6 is 0 Å². The lowest BCUT2D eigenvalue weighted by molar-refractivity contribution is -0.298. The van der Waals surface area contributed by atoms with Gasteiger partial charge in [0, 0.05) is 30.8 Å². The minimum absolute atomic E-state index is 0.122. The lowest BCUT2D eigenvalue weighted by Gasteiger charge is -2.43. The second-order valence-electron chi connectivity index (χ2n) is 8.45. The average molecular weight is 523 g/mol. The number of carbonyl (C=O) groups excluding carboxylic acids is 1. The maximum absolute atomic E-state index is 14.4. The number of anilines is 1. The van der Waals surface area contributed by atoms with Crippen molar-refractivity contribution in [3.05, 3.63) is 59.4 Å². The molecule has 0 aliphatic carbocycles. The first-order valence-electron chi connectivity index (χ1n) is 11.1. The van der Waals surface area contributed by atoms with Gasteiger partial charge in [0.2, 0.25) is 5.95 Å². The highest BCUT2D eigenvalue weighted by Gasteiger charge is 2.48. The van der Waals surface area contributed by atoms with Gasteiger partial charge in [-0.25, -0.2) is 24.9 Å². The third-order valence-electron chi connectivity index (χ3n) is 5.71.